The van der Waals surface area contributed by atoms with E-state index in [0.717, 1.165) is 36.2 Å². The van der Waals surface area contributed by atoms with Gasteiger partial charge in [0.05, 0.1) is 5.56 Å². The van der Waals surface area contributed by atoms with E-state index in [1.54, 1.807) is 4.90 Å². The second kappa shape index (κ2) is 7.61. The lowest BCUT2D eigenvalue weighted by molar-refractivity contribution is -0.137. The lowest BCUT2D eigenvalue weighted by atomic mass is 10.0. The van der Waals surface area contributed by atoms with Crippen molar-refractivity contribution in [3.63, 3.8) is 0 Å². The van der Waals surface area contributed by atoms with Crippen LogP contribution >= 0.6 is 0 Å². The Labute approximate surface area is 152 Å². The predicted octanol–water partition coefficient (Wildman–Crippen LogP) is 3.93. The molecular weight excluding hydrogens is 363 g/mol. The Hall–Kier alpha value is -2.15. The van der Waals surface area contributed by atoms with E-state index in [4.69, 9.17) is 0 Å². The first kappa shape index (κ1) is 18.6. The highest BCUT2D eigenvalue weighted by Crippen LogP contribution is 2.30. The second-order valence-electron chi connectivity index (χ2n) is 6.20. The number of aryl methyl sites for hydroxylation is 1. The van der Waals surface area contributed by atoms with Crippen molar-refractivity contribution in [3.05, 3.63) is 65.2 Å². The third-order valence-electron chi connectivity index (χ3n) is 4.28. The third-order valence-corrected chi connectivity index (χ3v) is 5.50. The highest BCUT2D eigenvalue weighted by atomic mass is 32.2. The van der Waals surface area contributed by atoms with Crippen molar-refractivity contribution in [2.24, 2.45) is 0 Å². The van der Waals surface area contributed by atoms with E-state index in [1.165, 1.54) is 12.1 Å². The summed E-state index contributed by atoms with van der Waals surface area (Å²) in [6, 6.07) is 12.3. The summed E-state index contributed by atoms with van der Waals surface area (Å²) in [6.45, 7) is 0.566. The normalized spacial score (nSPS) is 15.4. The summed E-state index contributed by atoms with van der Waals surface area (Å²) < 4.78 is 50.6. The average molecular weight is 381 g/mol. The van der Waals surface area contributed by atoms with Crippen LogP contribution in [0.25, 0.3) is 0 Å². The fraction of sp³-hybridized carbons (Fsp3) is 0.316. The maximum atomic E-state index is 12.8. The molecule has 0 bridgehead atoms. The van der Waals surface area contributed by atoms with Crippen LogP contribution in [0.1, 0.15) is 23.1 Å². The largest absolute Gasteiger partial charge is 0.416 e. The molecule has 7 heteroatoms. The number of benzene rings is 2. The molecule has 0 N–H and O–H groups in total. The number of nitrogens with zero attached hydrogens (tertiary/aromatic N) is 1. The van der Waals surface area contributed by atoms with Gasteiger partial charge in [0.1, 0.15) is 5.75 Å². The molecular formula is C19H18F3NO2S. The van der Waals surface area contributed by atoms with E-state index in [9.17, 15) is 22.2 Å². The fourth-order valence-corrected chi connectivity index (χ4v) is 4.17. The molecule has 26 heavy (non-hydrogen) atoms. The third kappa shape index (κ3) is 4.33. The molecule has 1 atom stereocenters. The van der Waals surface area contributed by atoms with Crippen molar-refractivity contribution in [1.29, 1.82) is 0 Å². The minimum absolute atomic E-state index is 0.0782. The summed E-state index contributed by atoms with van der Waals surface area (Å²) >= 11 is 0. The van der Waals surface area contributed by atoms with Crippen LogP contribution in [-0.4, -0.2) is 22.4 Å². The summed E-state index contributed by atoms with van der Waals surface area (Å²) in [6.07, 6.45) is -2.71. The van der Waals surface area contributed by atoms with Crippen molar-refractivity contribution >= 4 is 22.4 Å². The van der Waals surface area contributed by atoms with E-state index < -0.39 is 22.5 Å². The number of rotatable bonds is 4. The Bertz CT molecular complexity index is 836. The van der Waals surface area contributed by atoms with Crippen molar-refractivity contribution < 1.29 is 22.2 Å². The fourth-order valence-electron chi connectivity index (χ4n) is 3.08. The van der Waals surface area contributed by atoms with E-state index >= 15 is 0 Å². The van der Waals surface area contributed by atoms with Gasteiger partial charge in [-0.3, -0.25) is 9.00 Å². The number of fused-ring (bicyclic) bond motifs is 1. The molecule has 1 unspecified atom stereocenters. The second-order valence-corrected chi connectivity index (χ2v) is 7.66. The van der Waals surface area contributed by atoms with Crippen LogP contribution in [0.2, 0.25) is 0 Å². The standard InChI is InChI=1S/C19H18F3NO2S/c20-19(21,22)16-8-3-5-14(11-16)12-26(25)13-18(24)23-10-4-7-15-6-1-2-9-17(15)23/h1-3,5-6,8-9,11H,4,7,10,12-13H2. The van der Waals surface area contributed by atoms with Crippen LogP contribution in [0.15, 0.2) is 48.5 Å². The molecule has 0 radical (unpaired) electrons. The van der Waals surface area contributed by atoms with Crippen LogP contribution in [0.4, 0.5) is 18.9 Å². The molecule has 3 nitrogen and oxygen atoms in total. The molecule has 0 spiro atoms. The average Bonchev–Trinajstić information content (AvgIpc) is 2.60. The maximum absolute atomic E-state index is 12.8. The number of hydrogen-bond donors (Lipinski definition) is 0. The molecule has 0 aromatic heterocycles. The van der Waals surface area contributed by atoms with Gasteiger partial charge in [0.15, 0.2) is 0 Å². The first-order valence-electron chi connectivity index (χ1n) is 8.24. The molecule has 0 saturated heterocycles. The molecule has 0 aliphatic carbocycles. The monoisotopic (exact) mass is 381 g/mol. The lowest BCUT2D eigenvalue weighted by Gasteiger charge is -2.29. The van der Waals surface area contributed by atoms with Crippen LogP contribution in [-0.2, 0) is 33.9 Å². The number of hydrogen-bond acceptors (Lipinski definition) is 2. The van der Waals surface area contributed by atoms with Gasteiger partial charge in [0.25, 0.3) is 0 Å². The van der Waals surface area contributed by atoms with Crippen molar-refractivity contribution in [1.82, 2.24) is 0 Å². The van der Waals surface area contributed by atoms with Gasteiger partial charge in [-0.1, -0.05) is 36.4 Å². The smallest absolute Gasteiger partial charge is 0.311 e. The first-order chi connectivity index (χ1) is 12.3. The minimum Gasteiger partial charge on any atom is -0.311 e. The molecule has 0 saturated carbocycles. The Morgan fingerprint density at radius 2 is 1.88 bits per heavy atom. The Kier molecular flexibility index (Phi) is 5.46. The molecule has 2 aromatic rings. The Morgan fingerprint density at radius 1 is 1.12 bits per heavy atom. The number of carbonyl (C=O) groups is 1. The van der Waals surface area contributed by atoms with Crippen LogP contribution in [0.3, 0.4) is 0 Å². The molecule has 0 fully saturated rings. The summed E-state index contributed by atoms with van der Waals surface area (Å²) in [5.74, 6) is -0.544. The number of halogens is 3. The molecule has 1 heterocycles. The highest BCUT2D eigenvalue weighted by Gasteiger charge is 2.30. The minimum atomic E-state index is -4.44. The number of para-hydroxylation sites is 1. The van der Waals surface area contributed by atoms with E-state index in [0.29, 0.717) is 12.1 Å². The van der Waals surface area contributed by atoms with Crippen LogP contribution < -0.4 is 4.90 Å². The zero-order chi connectivity index (χ0) is 18.7. The molecule has 1 aliphatic rings. The van der Waals surface area contributed by atoms with Crippen molar-refractivity contribution in [2.45, 2.75) is 24.8 Å². The quantitative estimate of drug-likeness (QED) is 0.805. The van der Waals surface area contributed by atoms with Crippen molar-refractivity contribution in [2.75, 3.05) is 17.2 Å². The SMILES string of the molecule is O=C(CS(=O)Cc1cccc(C(F)(F)F)c1)N1CCCc2ccccc21. The Balaban J connectivity index is 1.67. The summed E-state index contributed by atoms with van der Waals surface area (Å²) in [7, 11) is -1.57. The molecule has 1 aliphatic heterocycles. The number of alkyl halides is 3. The number of amides is 1. The first-order valence-corrected chi connectivity index (χ1v) is 9.73. The zero-order valence-electron chi connectivity index (χ0n) is 14.0. The van der Waals surface area contributed by atoms with E-state index in [2.05, 4.69) is 0 Å². The predicted molar refractivity (Wildman–Crippen MR) is 95.3 cm³/mol. The van der Waals surface area contributed by atoms with Crippen LogP contribution in [0.5, 0.6) is 0 Å². The van der Waals surface area contributed by atoms with Gasteiger partial charge in [0, 0.05) is 28.8 Å². The van der Waals surface area contributed by atoms with Gasteiger partial charge in [-0.2, -0.15) is 13.2 Å². The molecule has 1 amide bonds. The van der Waals surface area contributed by atoms with Gasteiger partial charge in [-0.15, -0.1) is 0 Å². The Morgan fingerprint density at radius 3 is 2.65 bits per heavy atom. The van der Waals surface area contributed by atoms with Gasteiger partial charge >= 0.3 is 6.18 Å². The summed E-state index contributed by atoms with van der Waals surface area (Å²) in [5, 5.41) is 0. The van der Waals surface area contributed by atoms with Gasteiger partial charge < -0.3 is 4.90 Å². The van der Waals surface area contributed by atoms with E-state index in [1.807, 2.05) is 24.3 Å². The summed E-state index contributed by atoms with van der Waals surface area (Å²) in [5.41, 5.74) is 1.45. The number of anilines is 1. The highest BCUT2D eigenvalue weighted by molar-refractivity contribution is 7.84. The van der Waals surface area contributed by atoms with Crippen molar-refractivity contribution in [3.8, 4) is 0 Å². The lowest BCUT2D eigenvalue weighted by Crippen LogP contribution is -2.38. The van der Waals surface area contributed by atoms with E-state index in [-0.39, 0.29) is 17.4 Å². The maximum Gasteiger partial charge on any atom is 0.416 e. The van der Waals surface area contributed by atoms with Gasteiger partial charge in [-0.25, -0.2) is 0 Å². The molecule has 2 aromatic carbocycles. The molecule has 3 rings (SSSR count). The summed E-state index contributed by atoms with van der Waals surface area (Å²) in [4.78, 5) is 14.2. The van der Waals surface area contributed by atoms with Gasteiger partial charge in [-0.05, 0) is 36.1 Å². The van der Waals surface area contributed by atoms with Crippen LogP contribution in [0, 0.1) is 0 Å². The zero-order valence-corrected chi connectivity index (χ0v) is 14.8. The van der Waals surface area contributed by atoms with Gasteiger partial charge in [0.2, 0.25) is 5.91 Å². The number of carbonyl (C=O) groups excluding carboxylic acids is 1. The topological polar surface area (TPSA) is 37.4 Å². The molecule has 138 valence electrons.